The van der Waals surface area contributed by atoms with Crippen LogP contribution in [0, 0.1) is 29.6 Å². The number of methoxy groups -OCH3 is 2. The van der Waals surface area contributed by atoms with Crippen molar-refractivity contribution >= 4 is 11.8 Å². The Hall–Kier alpha value is -2.04. The number of Topliss-reactive ketones (excluding diaryl/α,β-unsaturated/α-hetero) is 1. The van der Waals surface area contributed by atoms with Gasteiger partial charge in [-0.15, -0.1) is 0 Å². The maximum atomic E-state index is 14.3. The summed E-state index contributed by atoms with van der Waals surface area (Å²) in [5.74, 6) is -4.15. The number of ether oxygens (including phenoxy) is 7. The number of hydrogen-bond acceptors (Lipinski definition) is 13. The van der Waals surface area contributed by atoms with E-state index in [1.54, 1.807) is 41.7 Å². The van der Waals surface area contributed by atoms with Gasteiger partial charge in [-0.2, -0.15) is 0 Å². The van der Waals surface area contributed by atoms with Crippen molar-refractivity contribution in [3.05, 3.63) is 35.9 Å². The zero-order chi connectivity index (χ0) is 42.6. The number of cyclic esters (lactones) is 1. The molecule has 0 aliphatic carbocycles. The van der Waals surface area contributed by atoms with Gasteiger partial charge >= 0.3 is 5.97 Å². The third kappa shape index (κ3) is 10.8. The lowest BCUT2D eigenvalue weighted by molar-refractivity contribution is -0.319. The maximum Gasteiger partial charge on any atom is 0.311 e. The summed E-state index contributed by atoms with van der Waals surface area (Å²) >= 11 is 0. The first kappa shape index (κ1) is 47.6. The fourth-order valence-electron chi connectivity index (χ4n) is 9.44. The maximum absolute atomic E-state index is 14.3. The number of esters is 1. The van der Waals surface area contributed by atoms with Gasteiger partial charge in [-0.05, 0) is 66.5 Å². The highest BCUT2D eigenvalue weighted by Gasteiger charge is 2.53. The second kappa shape index (κ2) is 20.0. The lowest BCUT2D eigenvalue weighted by Gasteiger charge is -2.50. The molecule has 3 saturated heterocycles. The summed E-state index contributed by atoms with van der Waals surface area (Å²) in [5.41, 5.74) is -1.11. The number of carbonyl (C=O) groups is 2. The van der Waals surface area contributed by atoms with Crippen molar-refractivity contribution < 1.29 is 58.1 Å². The van der Waals surface area contributed by atoms with Crippen molar-refractivity contribution in [3.8, 4) is 0 Å². The van der Waals surface area contributed by atoms with E-state index in [4.69, 9.17) is 33.2 Å². The zero-order valence-electron chi connectivity index (χ0n) is 36.6. The molecule has 13 nitrogen and oxygen atoms in total. The average molecular weight is 808 g/mol. The van der Waals surface area contributed by atoms with Crippen molar-refractivity contribution in [2.24, 2.45) is 29.6 Å². The number of aliphatic hydroxyl groups is 3. The number of likely N-dealkylation sites (N-methyl/N-ethyl adjacent to an activating group) is 1. The Morgan fingerprint density at radius 1 is 0.825 bits per heavy atom. The van der Waals surface area contributed by atoms with Crippen LogP contribution in [0.15, 0.2) is 30.3 Å². The van der Waals surface area contributed by atoms with Crippen LogP contribution in [0.3, 0.4) is 0 Å². The minimum absolute atomic E-state index is 0.157. The predicted octanol–water partition coefficient (Wildman–Crippen LogP) is 4.90. The van der Waals surface area contributed by atoms with Crippen LogP contribution in [0.1, 0.15) is 100 Å². The topological polar surface area (TPSA) is 163 Å². The Bertz CT molecular complexity index is 1430. The van der Waals surface area contributed by atoms with E-state index in [0.29, 0.717) is 19.4 Å². The van der Waals surface area contributed by atoms with E-state index >= 15 is 0 Å². The van der Waals surface area contributed by atoms with E-state index in [9.17, 15) is 24.9 Å². The molecule has 3 fully saturated rings. The van der Waals surface area contributed by atoms with Gasteiger partial charge in [-0.3, -0.25) is 14.5 Å². The van der Waals surface area contributed by atoms with Gasteiger partial charge in [0.15, 0.2) is 12.6 Å². The molecule has 1 aromatic carbocycles. The van der Waals surface area contributed by atoms with E-state index < -0.39 is 102 Å². The third-order valence-electron chi connectivity index (χ3n) is 13.4. The molecule has 0 aromatic heterocycles. The van der Waals surface area contributed by atoms with Gasteiger partial charge in [0.25, 0.3) is 0 Å². The largest absolute Gasteiger partial charge is 0.462 e. The molecule has 0 unspecified atom stereocenters. The Balaban J connectivity index is 1.81. The number of benzene rings is 1. The molecule has 1 aromatic rings. The summed E-state index contributed by atoms with van der Waals surface area (Å²) in [6, 6.07) is 9.71. The van der Waals surface area contributed by atoms with Crippen LogP contribution in [0.5, 0.6) is 0 Å². The summed E-state index contributed by atoms with van der Waals surface area (Å²) < 4.78 is 44.7. The Morgan fingerprint density at radius 3 is 2.05 bits per heavy atom. The monoisotopic (exact) mass is 808 g/mol. The predicted molar refractivity (Wildman–Crippen MR) is 214 cm³/mol. The smallest absolute Gasteiger partial charge is 0.311 e. The SMILES string of the molecule is CC[C@H]1OC(=O)[C@H](C)[C@@H](O[C@H]2C[C@@](C)(OC)[C@@H](O)[C@H](C)O2)[C@H](C)[C@@H](O[C@@H]2O[C@H](C)C[C@H](N(C)Cc3ccccc3)[C@H]2O)[C@@](C)(OC)C[C@@H](C)C(=O)[C@H](C)[C@@H](O)[C@H]1C. The zero-order valence-corrected chi connectivity index (χ0v) is 36.6. The van der Waals surface area contributed by atoms with Crippen LogP contribution in [0.2, 0.25) is 0 Å². The molecule has 326 valence electrons. The van der Waals surface area contributed by atoms with Crippen LogP contribution in [0.4, 0.5) is 0 Å². The standard InChI is InChI=1S/C44H73NO12/c1-14-33-26(4)36(47)27(5)35(46)24(2)21-44(10,52-13)40(57-42-37(48)32(20-25(3)53-42)45(11)23-31-18-16-15-17-19-31)28(6)38(29(7)41(50)55-33)56-34-22-43(9,51-12)39(49)30(8)54-34/h15-19,24-30,32-34,36-40,42,47-49H,14,20-23H2,1-13H3/t24-,25-,26+,27+,28+,29-,30+,32+,33-,34+,36+,37-,38+,39+,40-,42+,43-,44+/m1/s1. The summed E-state index contributed by atoms with van der Waals surface area (Å²) in [5, 5.41) is 34.6. The molecular formula is C44H73NO12. The number of carbonyl (C=O) groups excluding carboxylic acids is 2. The lowest BCUT2D eigenvalue weighted by atomic mass is 9.74. The number of hydrogen-bond donors (Lipinski definition) is 3. The number of rotatable bonds is 10. The highest BCUT2D eigenvalue weighted by Crippen LogP contribution is 2.41. The molecule has 0 amide bonds. The van der Waals surface area contributed by atoms with Crippen LogP contribution in [-0.2, 0) is 49.3 Å². The number of ketones is 1. The minimum atomic E-state index is -1.21. The van der Waals surface area contributed by atoms with Crippen LogP contribution in [-0.4, -0.2) is 132 Å². The Labute approximate surface area is 341 Å². The fraction of sp³-hybridized carbons (Fsp3) is 0.818. The Morgan fingerprint density at radius 2 is 1.46 bits per heavy atom. The molecule has 57 heavy (non-hydrogen) atoms. The lowest BCUT2D eigenvalue weighted by Crippen LogP contribution is -2.61. The van der Waals surface area contributed by atoms with E-state index in [0.717, 1.165) is 5.56 Å². The third-order valence-corrected chi connectivity index (χ3v) is 13.4. The van der Waals surface area contributed by atoms with Crippen molar-refractivity contribution in [3.63, 3.8) is 0 Å². The second-order valence-electron chi connectivity index (χ2n) is 17.8. The van der Waals surface area contributed by atoms with E-state index in [-0.39, 0.29) is 30.8 Å². The molecule has 3 N–H and O–H groups in total. The average Bonchev–Trinajstić information content (AvgIpc) is 3.19. The van der Waals surface area contributed by atoms with E-state index in [1.807, 2.05) is 72.0 Å². The first-order valence-corrected chi connectivity index (χ1v) is 21.0. The molecule has 18 atom stereocenters. The highest BCUT2D eigenvalue weighted by molar-refractivity contribution is 5.83. The molecule has 0 radical (unpaired) electrons. The molecule has 13 heteroatoms. The van der Waals surface area contributed by atoms with Gasteiger partial charge < -0.3 is 48.5 Å². The Kier molecular flexibility index (Phi) is 16.7. The van der Waals surface area contributed by atoms with Crippen molar-refractivity contribution in [2.75, 3.05) is 21.3 Å². The summed E-state index contributed by atoms with van der Waals surface area (Å²) in [6.45, 7) is 18.8. The molecule has 0 saturated carbocycles. The van der Waals surface area contributed by atoms with Crippen molar-refractivity contribution in [1.29, 1.82) is 0 Å². The molecule has 0 bridgehead atoms. The minimum Gasteiger partial charge on any atom is -0.462 e. The summed E-state index contributed by atoms with van der Waals surface area (Å²) in [6.07, 6.45) is -7.26. The molecule has 4 rings (SSSR count). The van der Waals surface area contributed by atoms with Crippen molar-refractivity contribution in [2.45, 2.75) is 180 Å². The first-order valence-electron chi connectivity index (χ1n) is 21.0. The first-order chi connectivity index (χ1) is 26.7. The normalized spacial score (nSPS) is 44.4. The van der Waals surface area contributed by atoms with Crippen LogP contribution >= 0.6 is 0 Å². The van der Waals surface area contributed by atoms with Gasteiger partial charge in [-0.25, -0.2) is 0 Å². The highest BCUT2D eigenvalue weighted by atomic mass is 16.7. The van der Waals surface area contributed by atoms with Gasteiger partial charge in [0, 0.05) is 56.9 Å². The molecule has 0 spiro atoms. The van der Waals surface area contributed by atoms with E-state index in [1.165, 1.54) is 7.11 Å². The molecule has 3 aliphatic heterocycles. The quantitative estimate of drug-likeness (QED) is 0.274. The number of nitrogens with zero attached hydrogens (tertiary/aromatic N) is 1. The molecule has 3 heterocycles. The number of aliphatic hydroxyl groups excluding tert-OH is 3. The second-order valence-corrected chi connectivity index (χ2v) is 17.8. The van der Waals surface area contributed by atoms with Gasteiger partial charge in [0.05, 0.1) is 47.6 Å². The summed E-state index contributed by atoms with van der Waals surface area (Å²) in [4.78, 5) is 30.5. The van der Waals surface area contributed by atoms with Crippen molar-refractivity contribution in [1.82, 2.24) is 4.90 Å². The molecule has 3 aliphatic rings. The fourth-order valence-corrected chi connectivity index (χ4v) is 9.44. The van der Waals surface area contributed by atoms with Crippen LogP contribution < -0.4 is 0 Å². The van der Waals surface area contributed by atoms with Gasteiger partial charge in [0.1, 0.15) is 24.1 Å². The van der Waals surface area contributed by atoms with Gasteiger partial charge in [-0.1, -0.05) is 65.0 Å². The van der Waals surface area contributed by atoms with Gasteiger partial charge in [0.2, 0.25) is 0 Å². The van der Waals surface area contributed by atoms with Crippen LogP contribution in [0.25, 0.3) is 0 Å². The van der Waals surface area contributed by atoms with E-state index in [2.05, 4.69) is 4.90 Å². The molecular weight excluding hydrogens is 734 g/mol. The summed E-state index contributed by atoms with van der Waals surface area (Å²) in [7, 11) is 5.05.